The van der Waals surface area contributed by atoms with Crippen molar-refractivity contribution in [3.05, 3.63) is 53.5 Å². The molecule has 0 saturated carbocycles. The van der Waals surface area contributed by atoms with Crippen molar-refractivity contribution in [2.45, 2.75) is 6.18 Å². The van der Waals surface area contributed by atoms with E-state index in [4.69, 9.17) is 9.84 Å². The van der Waals surface area contributed by atoms with Gasteiger partial charge in [0.2, 0.25) is 5.88 Å². The van der Waals surface area contributed by atoms with Crippen molar-refractivity contribution in [3.63, 3.8) is 0 Å². The van der Waals surface area contributed by atoms with Crippen LogP contribution < -0.4 is 4.74 Å². The zero-order chi connectivity index (χ0) is 15.6. The van der Waals surface area contributed by atoms with E-state index in [1.807, 2.05) is 0 Å². The summed E-state index contributed by atoms with van der Waals surface area (Å²) in [7, 11) is 0. The van der Waals surface area contributed by atoms with Crippen LogP contribution in [0.2, 0.25) is 0 Å². The molecule has 1 aromatic carbocycles. The number of halogens is 4. The van der Waals surface area contributed by atoms with Gasteiger partial charge in [-0.1, -0.05) is 0 Å². The molecule has 0 aliphatic heterocycles. The number of carboxylic acid groups (broad SMARTS) is 1. The SMILES string of the molecule is O=C(O)c1ccc(Oc2ncccc2C(F)(F)F)cc1F. The van der Waals surface area contributed by atoms with Gasteiger partial charge in [0, 0.05) is 12.3 Å². The summed E-state index contributed by atoms with van der Waals surface area (Å²) in [5, 5.41) is 8.66. The third kappa shape index (κ3) is 3.28. The number of carbonyl (C=O) groups is 1. The van der Waals surface area contributed by atoms with Crippen LogP contribution in [0.15, 0.2) is 36.5 Å². The van der Waals surface area contributed by atoms with Crippen molar-refractivity contribution < 1.29 is 32.2 Å². The van der Waals surface area contributed by atoms with E-state index in [0.717, 1.165) is 30.5 Å². The molecule has 1 N–H and O–H groups in total. The van der Waals surface area contributed by atoms with Crippen molar-refractivity contribution in [1.82, 2.24) is 4.98 Å². The first-order valence-corrected chi connectivity index (χ1v) is 5.52. The fourth-order valence-corrected chi connectivity index (χ4v) is 1.53. The highest BCUT2D eigenvalue weighted by molar-refractivity contribution is 5.88. The predicted molar refractivity (Wildman–Crippen MR) is 62.7 cm³/mol. The molecule has 2 rings (SSSR count). The number of hydrogen-bond donors (Lipinski definition) is 1. The van der Waals surface area contributed by atoms with Crippen LogP contribution in [0.3, 0.4) is 0 Å². The number of nitrogens with zero attached hydrogens (tertiary/aromatic N) is 1. The van der Waals surface area contributed by atoms with E-state index in [2.05, 4.69) is 4.98 Å². The van der Waals surface area contributed by atoms with E-state index in [1.54, 1.807) is 0 Å². The van der Waals surface area contributed by atoms with E-state index in [0.29, 0.717) is 6.07 Å². The molecule has 0 saturated heterocycles. The number of aromatic nitrogens is 1. The van der Waals surface area contributed by atoms with Gasteiger partial charge in [0.25, 0.3) is 0 Å². The van der Waals surface area contributed by atoms with Crippen LogP contribution in [0.5, 0.6) is 11.6 Å². The van der Waals surface area contributed by atoms with Crippen LogP contribution in [0.25, 0.3) is 0 Å². The van der Waals surface area contributed by atoms with Crippen LogP contribution >= 0.6 is 0 Å². The summed E-state index contributed by atoms with van der Waals surface area (Å²) in [4.78, 5) is 14.1. The van der Waals surface area contributed by atoms with E-state index in [9.17, 15) is 22.4 Å². The number of hydrogen-bond acceptors (Lipinski definition) is 3. The Labute approximate surface area is 115 Å². The molecule has 8 heteroatoms. The monoisotopic (exact) mass is 301 g/mol. The molecule has 0 amide bonds. The Hall–Kier alpha value is -2.64. The lowest BCUT2D eigenvalue weighted by Gasteiger charge is -2.12. The molecule has 0 aliphatic rings. The third-order valence-corrected chi connectivity index (χ3v) is 2.46. The number of benzene rings is 1. The normalized spacial score (nSPS) is 11.2. The molecule has 1 heterocycles. The van der Waals surface area contributed by atoms with Gasteiger partial charge in [0.15, 0.2) is 0 Å². The van der Waals surface area contributed by atoms with Crippen LogP contribution in [-0.4, -0.2) is 16.1 Å². The van der Waals surface area contributed by atoms with Crippen molar-refractivity contribution in [3.8, 4) is 11.6 Å². The molecule has 0 fully saturated rings. The Kier molecular flexibility index (Phi) is 3.79. The molecule has 4 nitrogen and oxygen atoms in total. The van der Waals surface area contributed by atoms with Gasteiger partial charge in [-0.3, -0.25) is 0 Å². The molecule has 0 radical (unpaired) electrons. The maximum atomic E-state index is 13.4. The maximum absolute atomic E-state index is 13.4. The van der Waals surface area contributed by atoms with E-state index in [-0.39, 0.29) is 5.75 Å². The fourth-order valence-electron chi connectivity index (χ4n) is 1.53. The number of carboxylic acids is 1. The fraction of sp³-hybridized carbons (Fsp3) is 0.0769. The highest BCUT2D eigenvalue weighted by Gasteiger charge is 2.35. The largest absolute Gasteiger partial charge is 0.478 e. The number of aromatic carboxylic acids is 1. The zero-order valence-electron chi connectivity index (χ0n) is 10.2. The molecule has 110 valence electrons. The maximum Gasteiger partial charge on any atom is 0.421 e. The smallest absolute Gasteiger partial charge is 0.421 e. The van der Waals surface area contributed by atoms with Gasteiger partial charge in [0.05, 0.1) is 5.56 Å². The van der Waals surface area contributed by atoms with E-state index in [1.165, 1.54) is 0 Å². The third-order valence-electron chi connectivity index (χ3n) is 2.46. The minimum absolute atomic E-state index is 0.290. The summed E-state index contributed by atoms with van der Waals surface area (Å²) < 4.78 is 56.5. The molecular weight excluding hydrogens is 294 g/mol. The number of pyridine rings is 1. The Balaban J connectivity index is 2.35. The lowest BCUT2D eigenvalue weighted by atomic mass is 10.2. The quantitative estimate of drug-likeness (QED) is 0.878. The number of rotatable bonds is 3. The van der Waals surface area contributed by atoms with E-state index < -0.39 is 35.0 Å². The van der Waals surface area contributed by atoms with Gasteiger partial charge in [0.1, 0.15) is 17.1 Å². The van der Waals surface area contributed by atoms with Gasteiger partial charge >= 0.3 is 12.1 Å². The first kappa shape index (κ1) is 14.8. The van der Waals surface area contributed by atoms with Gasteiger partial charge in [-0.2, -0.15) is 13.2 Å². The van der Waals surface area contributed by atoms with Crippen molar-refractivity contribution in [1.29, 1.82) is 0 Å². The summed E-state index contributed by atoms with van der Waals surface area (Å²) in [6.07, 6.45) is -3.59. The Bertz CT molecular complexity index is 685. The summed E-state index contributed by atoms with van der Waals surface area (Å²) in [5.74, 6) is -3.65. The van der Waals surface area contributed by atoms with Crippen LogP contribution in [0.4, 0.5) is 17.6 Å². The zero-order valence-corrected chi connectivity index (χ0v) is 10.2. The van der Waals surface area contributed by atoms with Gasteiger partial charge in [-0.25, -0.2) is 14.2 Å². The van der Waals surface area contributed by atoms with Crippen molar-refractivity contribution >= 4 is 5.97 Å². The lowest BCUT2D eigenvalue weighted by Crippen LogP contribution is -2.08. The molecule has 2 aromatic rings. The summed E-state index contributed by atoms with van der Waals surface area (Å²) in [6, 6.07) is 4.47. The Morgan fingerprint density at radius 2 is 1.95 bits per heavy atom. The molecule has 0 bridgehead atoms. The minimum Gasteiger partial charge on any atom is -0.478 e. The number of alkyl halides is 3. The van der Waals surface area contributed by atoms with E-state index >= 15 is 0 Å². The average molecular weight is 301 g/mol. The lowest BCUT2D eigenvalue weighted by molar-refractivity contribution is -0.138. The Morgan fingerprint density at radius 1 is 1.24 bits per heavy atom. The average Bonchev–Trinajstić information content (AvgIpc) is 2.37. The molecule has 1 aromatic heterocycles. The van der Waals surface area contributed by atoms with Crippen LogP contribution in [0, 0.1) is 5.82 Å². The molecule has 0 atom stereocenters. The van der Waals surface area contributed by atoms with Gasteiger partial charge in [-0.05, 0) is 24.3 Å². The first-order valence-electron chi connectivity index (χ1n) is 5.52. The minimum atomic E-state index is -4.68. The van der Waals surface area contributed by atoms with Crippen molar-refractivity contribution in [2.24, 2.45) is 0 Å². The highest BCUT2D eigenvalue weighted by atomic mass is 19.4. The second-order valence-electron chi connectivity index (χ2n) is 3.90. The summed E-state index contributed by atoms with van der Waals surface area (Å²) in [6.45, 7) is 0. The van der Waals surface area contributed by atoms with Gasteiger partial charge in [-0.15, -0.1) is 0 Å². The first-order chi connectivity index (χ1) is 9.79. The topological polar surface area (TPSA) is 59.4 Å². The summed E-state index contributed by atoms with van der Waals surface area (Å²) in [5.41, 5.74) is -1.73. The second-order valence-corrected chi connectivity index (χ2v) is 3.90. The predicted octanol–water partition coefficient (Wildman–Crippen LogP) is 3.73. The Morgan fingerprint density at radius 3 is 2.52 bits per heavy atom. The number of ether oxygens (including phenoxy) is 1. The highest BCUT2D eigenvalue weighted by Crippen LogP contribution is 2.36. The second kappa shape index (κ2) is 5.39. The molecule has 0 spiro atoms. The summed E-state index contributed by atoms with van der Waals surface area (Å²) >= 11 is 0. The molecule has 0 unspecified atom stereocenters. The molecule has 21 heavy (non-hydrogen) atoms. The van der Waals surface area contributed by atoms with Crippen molar-refractivity contribution in [2.75, 3.05) is 0 Å². The van der Waals surface area contributed by atoms with Crippen LogP contribution in [-0.2, 0) is 6.18 Å². The van der Waals surface area contributed by atoms with Gasteiger partial charge < -0.3 is 9.84 Å². The standard InChI is InChI=1S/C13H7F4NO3/c14-10-6-7(3-4-8(10)12(19)20)21-11-9(13(15,16)17)2-1-5-18-11/h1-6H,(H,19,20). The molecular formula is C13H7F4NO3. The van der Waals surface area contributed by atoms with Crippen LogP contribution in [0.1, 0.15) is 15.9 Å². The molecule has 0 aliphatic carbocycles.